The lowest BCUT2D eigenvalue weighted by molar-refractivity contribution is -0.401. The van der Waals surface area contributed by atoms with Gasteiger partial charge in [-0.05, 0) is 0 Å². The highest BCUT2D eigenvalue weighted by Gasteiger charge is 2.82. The van der Waals surface area contributed by atoms with E-state index in [1.54, 1.807) is 0 Å². The van der Waals surface area contributed by atoms with E-state index in [0.29, 0.717) is 0 Å². The lowest BCUT2D eigenvalue weighted by Crippen LogP contribution is -2.62. The molecule has 0 N–H and O–H groups in total. The first-order valence-corrected chi connectivity index (χ1v) is 8.38. The number of carbonyl (C=O) groups excluding carboxylic acids is 1. The molecule has 178 valence electrons. The van der Waals surface area contributed by atoms with Gasteiger partial charge in [0.15, 0.2) is 0 Å². The molecule has 1 unspecified atom stereocenters. The fourth-order valence-corrected chi connectivity index (χ4v) is 2.70. The first-order valence-electron chi connectivity index (χ1n) is 8.38. The van der Waals surface area contributed by atoms with Crippen LogP contribution in [0.2, 0.25) is 0 Å². The van der Waals surface area contributed by atoms with E-state index in [2.05, 4.69) is 4.74 Å². The molecule has 0 bridgehead atoms. The second kappa shape index (κ2) is 9.01. The molecule has 0 aliphatic carbocycles. The van der Waals surface area contributed by atoms with Gasteiger partial charge in [-0.15, -0.1) is 0 Å². The number of carbonyl (C=O) groups is 1. The van der Waals surface area contributed by atoms with Crippen LogP contribution in [0.1, 0.15) is 19.8 Å². The molecule has 1 saturated heterocycles. The molecule has 0 aromatic heterocycles. The number of alkyl halides is 11. The molecule has 0 amide bonds. The van der Waals surface area contributed by atoms with Crippen LogP contribution in [-0.4, -0.2) is 79.7 Å². The van der Waals surface area contributed by atoms with Crippen molar-refractivity contribution in [2.24, 2.45) is 0 Å². The molecule has 15 heteroatoms. The molecule has 0 radical (unpaired) electrons. The molecule has 0 aromatic rings. The highest BCUT2D eigenvalue weighted by Crippen LogP contribution is 2.55. The molecule has 30 heavy (non-hydrogen) atoms. The summed E-state index contributed by atoms with van der Waals surface area (Å²) in [5.41, 5.74) is 0. The highest BCUT2D eigenvalue weighted by atomic mass is 19.4. The summed E-state index contributed by atoms with van der Waals surface area (Å²) >= 11 is 0. The minimum atomic E-state index is -7.26. The van der Waals surface area contributed by atoms with Gasteiger partial charge in [-0.25, -0.2) is 8.78 Å². The van der Waals surface area contributed by atoms with E-state index in [-0.39, 0.29) is 26.3 Å². The predicted octanol–water partition coefficient (Wildman–Crippen LogP) is 4.13. The SMILES string of the molecule is CC(=O)OC(CN1CCOCC1)CC(F)(F)CC(F)(F)C(F)(F)C(F)(F)C(F)(F)F. The molecule has 1 atom stereocenters. The maximum absolute atomic E-state index is 14.0. The molecule has 0 spiro atoms. The Kier molecular flexibility index (Phi) is 8.00. The monoisotopic (exact) mass is 469 g/mol. The van der Waals surface area contributed by atoms with Crippen LogP contribution in [-0.2, 0) is 14.3 Å². The molecular weight excluding hydrogens is 451 g/mol. The van der Waals surface area contributed by atoms with Gasteiger partial charge < -0.3 is 9.47 Å². The molecule has 0 aromatic carbocycles. The first-order chi connectivity index (χ1) is 13.3. The van der Waals surface area contributed by atoms with Crippen molar-refractivity contribution < 1.29 is 62.6 Å². The Morgan fingerprint density at radius 1 is 0.933 bits per heavy atom. The van der Waals surface area contributed by atoms with E-state index in [1.165, 1.54) is 4.90 Å². The van der Waals surface area contributed by atoms with Gasteiger partial charge >= 0.3 is 29.9 Å². The van der Waals surface area contributed by atoms with E-state index >= 15 is 0 Å². The molecule has 1 heterocycles. The molecule has 1 rings (SSSR count). The number of hydrogen-bond acceptors (Lipinski definition) is 4. The summed E-state index contributed by atoms with van der Waals surface area (Å²) in [5.74, 6) is -26.8. The molecule has 0 saturated carbocycles. The second-order valence-electron chi connectivity index (χ2n) is 6.73. The number of halogens is 11. The Hall–Kier alpha value is -1.38. The van der Waals surface area contributed by atoms with Gasteiger partial charge in [0.2, 0.25) is 0 Å². The Labute approximate surface area is 163 Å². The summed E-state index contributed by atoms with van der Waals surface area (Å²) in [7, 11) is 0. The van der Waals surface area contributed by atoms with E-state index in [1.807, 2.05) is 0 Å². The molecule has 4 nitrogen and oxygen atoms in total. The second-order valence-corrected chi connectivity index (χ2v) is 6.73. The van der Waals surface area contributed by atoms with Crippen molar-refractivity contribution in [3.8, 4) is 0 Å². The topological polar surface area (TPSA) is 38.8 Å². The maximum atomic E-state index is 14.0. The van der Waals surface area contributed by atoms with Gasteiger partial charge in [-0.3, -0.25) is 9.69 Å². The van der Waals surface area contributed by atoms with Gasteiger partial charge in [-0.1, -0.05) is 0 Å². The van der Waals surface area contributed by atoms with Crippen LogP contribution in [0.4, 0.5) is 48.3 Å². The third-order valence-corrected chi connectivity index (χ3v) is 4.11. The first kappa shape index (κ1) is 26.7. The number of hydrogen-bond donors (Lipinski definition) is 0. The quantitative estimate of drug-likeness (QED) is 0.376. The number of rotatable bonds is 9. The van der Waals surface area contributed by atoms with Gasteiger partial charge in [0.25, 0.3) is 5.92 Å². The average molecular weight is 469 g/mol. The van der Waals surface area contributed by atoms with Crippen molar-refractivity contribution in [1.82, 2.24) is 4.90 Å². The summed E-state index contributed by atoms with van der Waals surface area (Å²) in [6.07, 6.45) is -14.0. The number of ether oxygens (including phenoxy) is 2. The Morgan fingerprint density at radius 3 is 1.87 bits per heavy atom. The number of morpholine rings is 1. The van der Waals surface area contributed by atoms with E-state index in [9.17, 15) is 53.1 Å². The van der Waals surface area contributed by atoms with Gasteiger partial charge in [-0.2, -0.15) is 39.5 Å². The Bertz CT molecular complexity index is 589. The van der Waals surface area contributed by atoms with Crippen LogP contribution in [0, 0.1) is 0 Å². The minimum absolute atomic E-state index is 0.167. The fourth-order valence-electron chi connectivity index (χ4n) is 2.70. The smallest absolute Gasteiger partial charge is 0.460 e. The van der Waals surface area contributed by atoms with Crippen LogP contribution in [0.3, 0.4) is 0 Å². The van der Waals surface area contributed by atoms with Crippen molar-refractivity contribution in [1.29, 1.82) is 0 Å². The Morgan fingerprint density at radius 2 is 1.43 bits per heavy atom. The van der Waals surface area contributed by atoms with E-state index in [4.69, 9.17) is 4.74 Å². The Balaban J connectivity index is 2.99. The predicted molar refractivity (Wildman–Crippen MR) is 77.9 cm³/mol. The van der Waals surface area contributed by atoms with E-state index < -0.39 is 61.3 Å². The third kappa shape index (κ3) is 6.31. The van der Waals surface area contributed by atoms with Gasteiger partial charge in [0.1, 0.15) is 6.10 Å². The van der Waals surface area contributed by atoms with Crippen LogP contribution in [0.25, 0.3) is 0 Å². The zero-order chi connectivity index (χ0) is 23.6. The van der Waals surface area contributed by atoms with Gasteiger partial charge in [0.05, 0.1) is 19.6 Å². The number of esters is 1. The van der Waals surface area contributed by atoms with Crippen LogP contribution in [0.15, 0.2) is 0 Å². The summed E-state index contributed by atoms with van der Waals surface area (Å²) in [6, 6.07) is 0. The van der Waals surface area contributed by atoms with Crippen molar-refractivity contribution in [2.75, 3.05) is 32.8 Å². The summed E-state index contributed by atoms with van der Waals surface area (Å²) in [6.45, 7) is 1.03. The van der Waals surface area contributed by atoms with Crippen molar-refractivity contribution in [3.05, 3.63) is 0 Å². The van der Waals surface area contributed by atoms with Crippen LogP contribution in [0.5, 0.6) is 0 Å². The standard InChI is InChI=1S/C15H18F11NO3/c1-9(28)30-10(7-27-2-4-29-5-3-27)6-11(16,17)8-12(18,19)13(20,21)14(22,23)15(24,25)26/h10H,2-8H2,1H3. The zero-order valence-corrected chi connectivity index (χ0v) is 15.4. The lowest BCUT2D eigenvalue weighted by Gasteiger charge is -2.36. The van der Waals surface area contributed by atoms with E-state index in [0.717, 1.165) is 6.92 Å². The fraction of sp³-hybridized carbons (Fsp3) is 0.933. The minimum Gasteiger partial charge on any atom is -0.461 e. The average Bonchev–Trinajstić information content (AvgIpc) is 2.52. The lowest BCUT2D eigenvalue weighted by atomic mass is 9.95. The van der Waals surface area contributed by atoms with Crippen LogP contribution < -0.4 is 0 Å². The normalized spacial score (nSPS) is 18.9. The molecule has 1 aliphatic rings. The van der Waals surface area contributed by atoms with Gasteiger partial charge in [0, 0.05) is 33.0 Å². The summed E-state index contributed by atoms with van der Waals surface area (Å²) in [4.78, 5) is 12.5. The third-order valence-electron chi connectivity index (χ3n) is 4.11. The zero-order valence-electron chi connectivity index (χ0n) is 15.4. The molecule has 1 fully saturated rings. The summed E-state index contributed by atoms with van der Waals surface area (Å²) < 4.78 is 153. The van der Waals surface area contributed by atoms with Crippen LogP contribution >= 0.6 is 0 Å². The van der Waals surface area contributed by atoms with Crippen molar-refractivity contribution in [3.63, 3.8) is 0 Å². The largest absolute Gasteiger partial charge is 0.461 e. The number of nitrogens with zero attached hydrogens (tertiary/aromatic N) is 1. The maximum Gasteiger partial charge on any atom is 0.460 e. The van der Waals surface area contributed by atoms with Crippen molar-refractivity contribution >= 4 is 5.97 Å². The molecule has 1 aliphatic heterocycles. The summed E-state index contributed by atoms with van der Waals surface area (Å²) in [5, 5.41) is 0. The van der Waals surface area contributed by atoms with Crippen molar-refractivity contribution in [2.45, 2.75) is 55.7 Å². The highest BCUT2D eigenvalue weighted by molar-refractivity contribution is 5.66. The molecular formula is C15H18F11NO3.